The molecule has 0 heterocycles. The van der Waals surface area contributed by atoms with Gasteiger partial charge in [0.15, 0.2) is 0 Å². The van der Waals surface area contributed by atoms with Gasteiger partial charge < -0.3 is 20.3 Å². The molecule has 0 saturated carbocycles. The molecular formula is C61H109NO5. The van der Waals surface area contributed by atoms with E-state index in [1.165, 1.54) is 135 Å². The predicted molar refractivity (Wildman–Crippen MR) is 291 cm³/mol. The van der Waals surface area contributed by atoms with Crippen molar-refractivity contribution in [3.63, 3.8) is 0 Å². The average Bonchev–Trinajstić information content (AvgIpc) is 3.32. The lowest BCUT2D eigenvalue weighted by Crippen LogP contribution is -2.46. The van der Waals surface area contributed by atoms with Crippen molar-refractivity contribution in [1.29, 1.82) is 0 Å². The molecule has 6 heteroatoms. The van der Waals surface area contributed by atoms with E-state index in [1.807, 2.05) is 0 Å². The maximum absolute atomic E-state index is 13.3. The van der Waals surface area contributed by atoms with E-state index >= 15 is 0 Å². The quantitative estimate of drug-likeness (QED) is 0.0321. The minimum Gasteiger partial charge on any atom is -0.462 e. The Morgan fingerprint density at radius 1 is 0.448 bits per heavy atom. The molecule has 0 aliphatic heterocycles. The molecule has 6 nitrogen and oxygen atoms in total. The third-order valence-electron chi connectivity index (χ3n) is 12.8. The van der Waals surface area contributed by atoms with Crippen LogP contribution >= 0.6 is 0 Å². The molecule has 0 aromatic carbocycles. The number of aliphatic hydroxyl groups excluding tert-OH is 2. The van der Waals surface area contributed by atoms with Crippen molar-refractivity contribution in [2.75, 3.05) is 6.61 Å². The predicted octanol–water partition coefficient (Wildman–Crippen LogP) is 17.7. The molecule has 0 radical (unpaired) electrons. The lowest BCUT2D eigenvalue weighted by Gasteiger charge is -2.24. The number of hydrogen-bond acceptors (Lipinski definition) is 5. The summed E-state index contributed by atoms with van der Waals surface area (Å²) in [5, 5.41) is 23.9. The first-order chi connectivity index (χ1) is 33.0. The Morgan fingerprint density at radius 2 is 0.806 bits per heavy atom. The van der Waals surface area contributed by atoms with Gasteiger partial charge in [0.2, 0.25) is 5.91 Å². The van der Waals surface area contributed by atoms with E-state index in [1.54, 1.807) is 0 Å². The van der Waals surface area contributed by atoms with Crippen LogP contribution in [0.2, 0.25) is 0 Å². The largest absolute Gasteiger partial charge is 0.462 e. The topological polar surface area (TPSA) is 95.9 Å². The van der Waals surface area contributed by atoms with Crippen LogP contribution in [-0.2, 0) is 14.3 Å². The number of esters is 1. The second-order valence-electron chi connectivity index (χ2n) is 19.3. The summed E-state index contributed by atoms with van der Waals surface area (Å²) < 4.78 is 5.92. The molecule has 0 bridgehead atoms. The molecule has 3 N–H and O–H groups in total. The van der Waals surface area contributed by atoms with Gasteiger partial charge in [0.1, 0.15) is 6.10 Å². The van der Waals surface area contributed by atoms with Gasteiger partial charge in [-0.25, -0.2) is 0 Å². The van der Waals surface area contributed by atoms with E-state index in [-0.39, 0.29) is 24.9 Å². The van der Waals surface area contributed by atoms with Crippen LogP contribution in [0.15, 0.2) is 72.9 Å². The maximum atomic E-state index is 13.3. The van der Waals surface area contributed by atoms with E-state index in [0.717, 1.165) is 89.9 Å². The number of hydrogen-bond donors (Lipinski definition) is 3. The van der Waals surface area contributed by atoms with Crippen molar-refractivity contribution in [2.45, 2.75) is 296 Å². The first-order valence-electron chi connectivity index (χ1n) is 28.7. The zero-order valence-electron chi connectivity index (χ0n) is 44.3. The summed E-state index contributed by atoms with van der Waals surface area (Å²) in [5.74, 6) is -0.554. The van der Waals surface area contributed by atoms with Crippen LogP contribution in [0.5, 0.6) is 0 Å². The summed E-state index contributed by atoms with van der Waals surface area (Å²) in [6.07, 6.45) is 69.7. The highest BCUT2D eigenvalue weighted by Crippen LogP contribution is 2.18. The molecule has 0 aromatic rings. The first-order valence-corrected chi connectivity index (χ1v) is 28.7. The summed E-state index contributed by atoms with van der Waals surface area (Å²) in [7, 11) is 0. The van der Waals surface area contributed by atoms with E-state index in [2.05, 4.69) is 99.0 Å². The molecule has 0 aromatic heterocycles. The fraction of sp³-hybridized carbons (Fsp3) is 0.770. The molecular weight excluding hydrogens is 827 g/mol. The fourth-order valence-corrected chi connectivity index (χ4v) is 8.46. The second kappa shape index (κ2) is 54.2. The smallest absolute Gasteiger partial charge is 0.306 e. The van der Waals surface area contributed by atoms with Crippen molar-refractivity contribution >= 4 is 11.9 Å². The Bertz CT molecular complexity index is 1230. The standard InChI is InChI=1S/C61H109NO5/c1-4-7-10-13-16-19-22-25-28-30-32-35-38-41-44-47-50-53-59(64)58(56-63)62-60(65)55-57(52-49-46-43-40-37-34-27-24-21-18-15-12-9-6-3)67-61(66)54-51-48-45-42-39-36-33-31-29-26-23-20-17-14-11-8-5-2/h8,11,17,20,26,29,33-34,36-37,42,45,57-59,63-64H,4-7,9-10,12-16,18-19,21-25,27-28,30-32,35,38-41,43-44,46-56H2,1-3H3,(H,62,65)/b11-8-,20-17-,29-26-,36-33-,37-34+,45-42-. The third-order valence-corrected chi connectivity index (χ3v) is 12.8. The maximum Gasteiger partial charge on any atom is 0.306 e. The van der Waals surface area contributed by atoms with Gasteiger partial charge >= 0.3 is 5.97 Å². The molecule has 388 valence electrons. The first kappa shape index (κ1) is 64.3. The Morgan fingerprint density at radius 3 is 1.25 bits per heavy atom. The monoisotopic (exact) mass is 936 g/mol. The molecule has 3 atom stereocenters. The molecule has 3 unspecified atom stereocenters. The Labute approximate surface area is 415 Å². The Kier molecular flexibility index (Phi) is 52.1. The highest BCUT2D eigenvalue weighted by Gasteiger charge is 2.24. The highest BCUT2D eigenvalue weighted by molar-refractivity contribution is 5.77. The molecule has 1 amide bonds. The van der Waals surface area contributed by atoms with Crippen molar-refractivity contribution < 1.29 is 24.5 Å². The van der Waals surface area contributed by atoms with Crippen LogP contribution < -0.4 is 5.32 Å². The number of rotatable bonds is 51. The van der Waals surface area contributed by atoms with Crippen LogP contribution in [0, 0.1) is 0 Å². The van der Waals surface area contributed by atoms with Crippen LogP contribution in [0.3, 0.4) is 0 Å². The number of ether oxygens (including phenoxy) is 1. The highest BCUT2D eigenvalue weighted by atomic mass is 16.5. The van der Waals surface area contributed by atoms with E-state index in [0.29, 0.717) is 25.7 Å². The minimum atomic E-state index is -0.805. The molecule has 0 spiro atoms. The summed E-state index contributed by atoms with van der Waals surface area (Å²) in [6.45, 7) is 6.37. The molecule has 0 aliphatic rings. The van der Waals surface area contributed by atoms with Gasteiger partial charge in [0.05, 0.1) is 25.2 Å². The number of carbonyl (C=O) groups is 2. The minimum absolute atomic E-state index is 0.0429. The van der Waals surface area contributed by atoms with E-state index in [4.69, 9.17) is 4.74 Å². The van der Waals surface area contributed by atoms with Crippen LogP contribution in [0.25, 0.3) is 0 Å². The lowest BCUT2D eigenvalue weighted by molar-refractivity contribution is -0.151. The van der Waals surface area contributed by atoms with Gasteiger partial charge in [-0.3, -0.25) is 9.59 Å². The Hall–Kier alpha value is -2.70. The number of unbranched alkanes of at least 4 members (excludes halogenated alkanes) is 27. The average molecular weight is 937 g/mol. The van der Waals surface area contributed by atoms with E-state index in [9.17, 15) is 19.8 Å². The summed E-state index contributed by atoms with van der Waals surface area (Å²) in [6, 6.07) is -0.721. The molecule has 0 aliphatic carbocycles. The van der Waals surface area contributed by atoms with Crippen molar-refractivity contribution in [2.24, 2.45) is 0 Å². The SMILES string of the molecule is CC/C=C\C/C=C\C/C=C\C/C=C\C/C=C\CCCC(=O)OC(CCCCC/C=C/CCCCCCCCC)CC(=O)NC(CO)C(O)CCCCCCCCCCCCCCCCCCC. The van der Waals surface area contributed by atoms with Crippen molar-refractivity contribution in [3.8, 4) is 0 Å². The number of amides is 1. The van der Waals surface area contributed by atoms with Gasteiger partial charge in [-0.15, -0.1) is 0 Å². The molecule has 67 heavy (non-hydrogen) atoms. The number of aliphatic hydroxyl groups is 2. The van der Waals surface area contributed by atoms with Crippen LogP contribution in [0.1, 0.15) is 278 Å². The van der Waals surface area contributed by atoms with Gasteiger partial charge in [0.25, 0.3) is 0 Å². The van der Waals surface area contributed by atoms with Crippen molar-refractivity contribution in [3.05, 3.63) is 72.9 Å². The number of allylic oxidation sites excluding steroid dienone is 12. The Balaban J connectivity index is 4.63. The van der Waals surface area contributed by atoms with Crippen LogP contribution in [0.4, 0.5) is 0 Å². The lowest BCUT2D eigenvalue weighted by atomic mass is 10.0. The summed E-state index contributed by atoms with van der Waals surface area (Å²) in [5.41, 5.74) is 0. The normalized spacial score (nSPS) is 13.7. The van der Waals surface area contributed by atoms with E-state index < -0.39 is 18.2 Å². The van der Waals surface area contributed by atoms with Gasteiger partial charge in [0, 0.05) is 6.42 Å². The number of carbonyl (C=O) groups excluding carboxylic acids is 2. The molecule has 0 rings (SSSR count). The fourth-order valence-electron chi connectivity index (χ4n) is 8.46. The van der Waals surface area contributed by atoms with Gasteiger partial charge in [-0.1, -0.05) is 248 Å². The third kappa shape index (κ3) is 49.5. The summed E-state index contributed by atoms with van der Waals surface area (Å²) >= 11 is 0. The zero-order valence-corrected chi connectivity index (χ0v) is 44.3. The second-order valence-corrected chi connectivity index (χ2v) is 19.3. The van der Waals surface area contributed by atoms with Gasteiger partial charge in [-0.05, 0) is 89.9 Å². The van der Waals surface area contributed by atoms with Crippen molar-refractivity contribution in [1.82, 2.24) is 5.32 Å². The molecule has 0 saturated heterocycles. The van der Waals surface area contributed by atoms with Gasteiger partial charge in [-0.2, -0.15) is 0 Å². The van der Waals surface area contributed by atoms with Crippen LogP contribution in [-0.4, -0.2) is 46.9 Å². The zero-order chi connectivity index (χ0) is 48.8. The molecule has 0 fully saturated rings. The summed E-state index contributed by atoms with van der Waals surface area (Å²) in [4.78, 5) is 26.2. The number of nitrogens with one attached hydrogen (secondary N) is 1.